The maximum atomic E-state index is 11.6. The van der Waals surface area contributed by atoms with Crippen molar-refractivity contribution in [3.05, 3.63) is 34.7 Å². The Kier molecular flexibility index (Phi) is 6.14. The van der Waals surface area contributed by atoms with Crippen LogP contribution in [0.1, 0.15) is 20.3 Å². The van der Waals surface area contributed by atoms with Crippen molar-refractivity contribution in [2.45, 2.75) is 32.9 Å². The molecule has 1 amide bonds. The Labute approximate surface area is 107 Å². The lowest BCUT2D eigenvalue weighted by Gasteiger charge is -2.13. The first-order chi connectivity index (χ1) is 8.63. The van der Waals surface area contributed by atoms with Gasteiger partial charge < -0.3 is 14.6 Å². The van der Waals surface area contributed by atoms with Crippen LogP contribution in [0.2, 0.25) is 0 Å². The van der Waals surface area contributed by atoms with Crippen molar-refractivity contribution in [1.29, 1.82) is 0 Å². The third kappa shape index (κ3) is 5.14. The minimum atomic E-state index is -0.185. The molecule has 0 saturated carbocycles. The summed E-state index contributed by atoms with van der Waals surface area (Å²) < 4.78 is 6.80. The van der Waals surface area contributed by atoms with Crippen LogP contribution in [0.25, 0.3) is 0 Å². The topological polar surface area (TPSA) is 60.3 Å². The molecular weight excluding hydrogens is 232 g/mol. The van der Waals surface area contributed by atoms with Crippen LogP contribution >= 0.6 is 0 Å². The average Bonchev–Trinajstić information content (AvgIpc) is 2.36. The molecule has 0 spiro atoms. The summed E-state index contributed by atoms with van der Waals surface area (Å²) >= 11 is 0. The first kappa shape index (κ1) is 14.4. The SMILES string of the molecule is CCCOC(C)CNC(=O)Cn1ccccc1=O. The van der Waals surface area contributed by atoms with Crippen LogP contribution in [-0.2, 0) is 16.1 Å². The van der Waals surface area contributed by atoms with Gasteiger partial charge in [0.1, 0.15) is 6.54 Å². The van der Waals surface area contributed by atoms with Crippen molar-refractivity contribution in [1.82, 2.24) is 9.88 Å². The van der Waals surface area contributed by atoms with Gasteiger partial charge in [0.25, 0.3) is 5.56 Å². The zero-order valence-corrected chi connectivity index (χ0v) is 10.9. The molecular formula is C13H20N2O3. The molecule has 1 rings (SSSR count). The molecule has 0 aliphatic carbocycles. The van der Waals surface area contributed by atoms with Gasteiger partial charge in [0, 0.05) is 25.4 Å². The van der Waals surface area contributed by atoms with E-state index in [2.05, 4.69) is 5.32 Å². The quantitative estimate of drug-likeness (QED) is 0.780. The van der Waals surface area contributed by atoms with E-state index in [0.29, 0.717) is 13.2 Å². The summed E-state index contributed by atoms with van der Waals surface area (Å²) in [7, 11) is 0. The molecule has 1 heterocycles. The van der Waals surface area contributed by atoms with Crippen LogP contribution in [0.5, 0.6) is 0 Å². The van der Waals surface area contributed by atoms with E-state index in [9.17, 15) is 9.59 Å². The fourth-order valence-corrected chi connectivity index (χ4v) is 1.44. The van der Waals surface area contributed by atoms with Gasteiger partial charge in [-0.25, -0.2) is 0 Å². The lowest BCUT2D eigenvalue weighted by atomic mass is 10.4. The van der Waals surface area contributed by atoms with E-state index in [1.54, 1.807) is 18.3 Å². The third-order valence-corrected chi connectivity index (χ3v) is 2.41. The van der Waals surface area contributed by atoms with Crippen molar-refractivity contribution in [3.8, 4) is 0 Å². The highest BCUT2D eigenvalue weighted by atomic mass is 16.5. The summed E-state index contributed by atoms with van der Waals surface area (Å²) in [5, 5.41) is 2.74. The van der Waals surface area contributed by atoms with Crippen LogP contribution in [0.3, 0.4) is 0 Å². The summed E-state index contributed by atoms with van der Waals surface area (Å²) in [5.41, 5.74) is -0.178. The molecule has 0 aliphatic rings. The Hall–Kier alpha value is -1.62. The van der Waals surface area contributed by atoms with E-state index in [0.717, 1.165) is 6.42 Å². The number of rotatable bonds is 7. The van der Waals surface area contributed by atoms with E-state index < -0.39 is 0 Å². The molecule has 18 heavy (non-hydrogen) atoms. The standard InChI is InChI=1S/C13H20N2O3/c1-3-8-18-11(2)9-14-12(16)10-15-7-5-4-6-13(15)17/h4-7,11H,3,8-10H2,1-2H3,(H,14,16). The summed E-state index contributed by atoms with van der Waals surface area (Å²) in [5.74, 6) is -0.185. The van der Waals surface area contributed by atoms with Crippen LogP contribution in [0.4, 0.5) is 0 Å². The molecule has 0 fully saturated rings. The van der Waals surface area contributed by atoms with Crippen LogP contribution < -0.4 is 10.9 Å². The Morgan fingerprint density at radius 1 is 1.50 bits per heavy atom. The zero-order valence-electron chi connectivity index (χ0n) is 10.9. The number of amides is 1. The molecule has 1 unspecified atom stereocenters. The van der Waals surface area contributed by atoms with E-state index >= 15 is 0 Å². The predicted octanol–water partition coefficient (Wildman–Crippen LogP) is 0.780. The van der Waals surface area contributed by atoms with Gasteiger partial charge in [-0.3, -0.25) is 9.59 Å². The van der Waals surface area contributed by atoms with Gasteiger partial charge in [-0.2, -0.15) is 0 Å². The summed E-state index contributed by atoms with van der Waals surface area (Å²) in [6.45, 7) is 5.13. The van der Waals surface area contributed by atoms with Gasteiger partial charge in [0.15, 0.2) is 0 Å². The summed E-state index contributed by atoms with van der Waals surface area (Å²) in [6.07, 6.45) is 2.54. The van der Waals surface area contributed by atoms with Gasteiger partial charge >= 0.3 is 0 Å². The number of carbonyl (C=O) groups is 1. The lowest BCUT2D eigenvalue weighted by Crippen LogP contribution is -2.36. The maximum absolute atomic E-state index is 11.6. The minimum absolute atomic E-state index is 0.0126. The highest BCUT2D eigenvalue weighted by Crippen LogP contribution is 1.91. The second kappa shape index (κ2) is 7.66. The normalized spacial score (nSPS) is 12.1. The Morgan fingerprint density at radius 3 is 2.94 bits per heavy atom. The van der Waals surface area contributed by atoms with Crippen molar-refractivity contribution < 1.29 is 9.53 Å². The number of nitrogens with one attached hydrogen (secondary N) is 1. The van der Waals surface area contributed by atoms with Crippen molar-refractivity contribution in [2.75, 3.05) is 13.2 Å². The molecule has 5 heteroatoms. The fourth-order valence-electron chi connectivity index (χ4n) is 1.44. The first-order valence-electron chi connectivity index (χ1n) is 6.17. The van der Waals surface area contributed by atoms with Crippen LogP contribution in [-0.4, -0.2) is 29.7 Å². The molecule has 1 aromatic rings. The Morgan fingerprint density at radius 2 is 2.28 bits per heavy atom. The predicted molar refractivity (Wildman–Crippen MR) is 69.4 cm³/mol. The smallest absolute Gasteiger partial charge is 0.250 e. The molecule has 1 atom stereocenters. The number of aromatic nitrogens is 1. The number of hydrogen-bond acceptors (Lipinski definition) is 3. The van der Waals surface area contributed by atoms with E-state index in [1.165, 1.54) is 10.6 Å². The highest BCUT2D eigenvalue weighted by Gasteiger charge is 2.06. The summed E-state index contributed by atoms with van der Waals surface area (Å²) in [4.78, 5) is 23.0. The Balaban J connectivity index is 2.34. The second-order valence-corrected chi connectivity index (χ2v) is 4.15. The maximum Gasteiger partial charge on any atom is 0.250 e. The van der Waals surface area contributed by atoms with Gasteiger partial charge in [0.05, 0.1) is 6.10 Å². The first-order valence-corrected chi connectivity index (χ1v) is 6.17. The number of hydrogen-bond donors (Lipinski definition) is 1. The number of ether oxygens (including phenoxy) is 1. The fraction of sp³-hybridized carbons (Fsp3) is 0.538. The third-order valence-electron chi connectivity index (χ3n) is 2.41. The van der Waals surface area contributed by atoms with Gasteiger partial charge in [-0.15, -0.1) is 0 Å². The minimum Gasteiger partial charge on any atom is -0.377 e. The lowest BCUT2D eigenvalue weighted by molar-refractivity contribution is -0.122. The molecule has 5 nitrogen and oxygen atoms in total. The highest BCUT2D eigenvalue weighted by molar-refractivity contribution is 5.75. The van der Waals surface area contributed by atoms with Crippen LogP contribution in [0, 0.1) is 0 Å². The number of pyridine rings is 1. The molecule has 0 radical (unpaired) electrons. The monoisotopic (exact) mass is 252 g/mol. The number of nitrogens with zero attached hydrogens (tertiary/aromatic N) is 1. The molecule has 0 saturated heterocycles. The molecule has 0 aromatic carbocycles. The van der Waals surface area contributed by atoms with Gasteiger partial charge in [0.2, 0.25) is 5.91 Å². The zero-order chi connectivity index (χ0) is 13.4. The van der Waals surface area contributed by atoms with E-state index in [1.807, 2.05) is 13.8 Å². The van der Waals surface area contributed by atoms with Crippen molar-refractivity contribution >= 4 is 5.91 Å². The second-order valence-electron chi connectivity index (χ2n) is 4.15. The van der Waals surface area contributed by atoms with Crippen molar-refractivity contribution in [3.63, 3.8) is 0 Å². The average molecular weight is 252 g/mol. The molecule has 1 aromatic heterocycles. The van der Waals surface area contributed by atoms with E-state index in [4.69, 9.17) is 4.74 Å². The van der Waals surface area contributed by atoms with E-state index in [-0.39, 0.29) is 24.1 Å². The number of carbonyl (C=O) groups excluding carboxylic acids is 1. The van der Waals surface area contributed by atoms with Gasteiger partial charge in [-0.1, -0.05) is 13.0 Å². The largest absolute Gasteiger partial charge is 0.377 e. The molecule has 100 valence electrons. The van der Waals surface area contributed by atoms with Crippen LogP contribution in [0.15, 0.2) is 29.2 Å². The Bertz CT molecular complexity index is 428. The molecule has 1 N–H and O–H groups in total. The molecule has 0 bridgehead atoms. The van der Waals surface area contributed by atoms with Crippen molar-refractivity contribution in [2.24, 2.45) is 0 Å². The van der Waals surface area contributed by atoms with Gasteiger partial charge in [-0.05, 0) is 19.4 Å². The molecule has 0 aliphatic heterocycles. The summed E-state index contributed by atoms with van der Waals surface area (Å²) in [6, 6.07) is 4.80.